The molecule has 3 radical (unpaired) electrons. The van der Waals surface area contributed by atoms with Crippen LogP contribution < -0.4 is 4.90 Å². The highest BCUT2D eigenvalue weighted by Crippen LogP contribution is 2.26. The number of hydrogen-bond acceptors (Lipinski definition) is 1. The molecular weight excluding hydrogens is 205 g/mol. The summed E-state index contributed by atoms with van der Waals surface area (Å²) in [6, 6.07) is 21.4. The zero-order chi connectivity index (χ0) is 11.4. The highest BCUT2D eigenvalue weighted by Gasteiger charge is 2.11. The van der Waals surface area contributed by atoms with E-state index in [2.05, 4.69) is 67.3 Å². The Balaban J connectivity index is 0.00000144. The van der Waals surface area contributed by atoms with Gasteiger partial charge in [0.25, 0.3) is 0 Å². The van der Waals surface area contributed by atoms with Gasteiger partial charge in [-0.05, 0) is 38.1 Å². The standard InChI is InChI=1S/C15H17N.B/c1-13(2)16(14-9-5-3-6-10-14)15-11-7-4-8-12-15;/h3-13H,1-2H3;. The Morgan fingerprint density at radius 1 is 0.706 bits per heavy atom. The zero-order valence-electron chi connectivity index (χ0n) is 10.4. The molecule has 0 amide bonds. The molecule has 0 aliphatic rings. The van der Waals surface area contributed by atoms with Crippen molar-refractivity contribution in [2.24, 2.45) is 0 Å². The number of para-hydroxylation sites is 2. The van der Waals surface area contributed by atoms with Gasteiger partial charge in [0.1, 0.15) is 0 Å². The van der Waals surface area contributed by atoms with E-state index in [1.807, 2.05) is 12.1 Å². The van der Waals surface area contributed by atoms with Crippen molar-refractivity contribution < 1.29 is 0 Å². The second-order valence-corrected chi connectivity index (χ2v) is 4.13. The molecule has 0 saturated carbocycles. The molecule has 0 fully saturated rings. The lowest BCUT2D eigenvalue weighted by molar-refractivity contribution is 0.789. The van der Waals surface area contributed by atoms with Crippen molar-refractivity contribution in [3.63, 3.8) is 0 Å². The van der Waals surface area contributed by atoms with Crippen molar-refractivity contribution in [1.82, 2.24) is 0 Å². The van der Waals surface area contributed by atoms with Gasteiger partial charge in [0.15, 0.2) is 0 Å². The van der Waals surface area contributed by atoms with Crippen molar-refractivity contribution in [3.05, 3.63) is 60.7 Å². The molecule has 0 spiro atoms. The van der Waals surface area contributed by atoms with E-state index < -0.39 is 0 Å². The molecule has 0 saturated heterocycles. The molecule has 0 N–H and O–H groups in total. The van der Waals surface area contributed by atoms with Crippen molar-refractivity contribution in [1.29, 1.82) is 0 Å². The quantitative estimate of drug-likeness (QED) is 0.713. The molecular formula is C15H17BN. The number of anilines is 2. The summed E-state index contributed by atoms with van der Waals surface area (Å²) < 4.78 is 0. The summed E-state index contributed by atoms with van der Waals surface area (Å²) in [6.07, 6.45) is 0. The zero-order valence-corrected chi connectivity index (χ0v) is 10.4. The molecule has 85 valence electrons. The molecule has 1 nitrogen and oxygen atoms in total. The van der Waals surface area contributed by atoms with Crippen LogP contribution in [0.4, 0.5) is 11.4 Å². The van der Waals surface area contributed by atoms with E-state index in [9.17, 15) is 0 Å². The smallest absolute Gasteiger partial charge is 0.0413 e. The normalized spacial score (nSPS) is 9.82. The van der Waals surface area contributed by atoms with Crippen LogP contribution in [0.2, 0.25) is 0 Å². The molecule has 0 unspecified atom stereocenters. The Morgan fingerprint density at radius 2 is 1.06 bits per heavy atom. The minimum Gasteiger partial charge on any atom is -0.339 e. The molecule has 2 heteroatoms. The number of benzene rings is 2. The van der Waals surface area contributed by atoms with Crippen LogP contribution >= 0.6 is 0 Å². The van der Waals surface area contributed by atoms with Crippen molar-refractivity contribution in [2.45, 2.75) is 19.9 Å². The second-order valence-electron chi connectivity index (χ2n) is 4.13. The van der Waals surface area contributed by atoms with Crippen LogP contribution in [-0.4, -0.2) is 14.5 Å². The van der Waals surface area contributed by atoms with Crippen molar-refractivity contribution >= 4 is 19.8 Å². The molecule has 2 rings (SSSR count). The van der Waals surface area contributed by atoms with Crippen LogP contribution in [-0.2, 0) is 0 Å². The van der Waals surface area contributed by atoms with Crippen molar-refractivity contribution in [2.75, 3.05) is 4.90 Å². The van der Waals surface area contributed by atoms with Crippen LogP contribution in [0, 0.1) is 0 Å². The van der Waals surface area contributed by atoms with Crippen molar-refractivity contribution in [3.8, 4) is 0 Å². The minimum atomic E-state index is 0. The van der Waals surface area contributed by atoms with Gasteiger partial charge in [-0.15, -0.1) is 0 Å². The van der Waals surface area contributed by atoms with Gasteiger partial charge in [-0.2, -0.15) is 0 Å². The summed E-state index contributed by atoms with van der Waals surface area (Å²) in [7, 11) is 0. The molecule has 17 heavy (non-hydrogen) atoms. The summed E-state index contributed by atoms with van der Waals surface area (Å²) in [6.45, 7) is 4.42. The predicted octanol–water partition coefficient (Wildman–Crippen LogP) is 3.85. The first-order valence-corrected chi connectivity index (χ1v) is 5.68. The summed E-state index contributed by atoms with van der Waals surface area (Å²) in [4.78, 5) is 2.33. The van der Waals surface area contributed by atoms with Gasteiger partial charge in [-0.3, -0.25) is 0 Å². The fourth-order valence-electron chi connectivity index (χ4n) is 1.92. The summed E-state index contributed by atoms with van der Waals surface area (Å²) in [5.74, 6) is 0. The molecule has 0 aliphatic carbocycles. The third-order valence-electron chi connectivity index (χ3n) is 2.59. The molecule has 2 aromatic rings. The maximum atomic E-state index is 2.33. The Labute approximate surface area is 106 Å². The topological polar surface area (TPSA) is 3.24 Å². The molecule has 0 aliphatic heterocycles. The fourth-order valence-corrected chi connectivity index (χ4v) is 1.92. The van der Waals surface area contributed by atoms with Gasteiger partial charge >= 0.3 is 0 Å². The first kappa shape index (κ1) is 13.4. The maximum absolute atomic E-state index is 2.33. The Morgan fingerprint density at radius 3 is 1.35 bits per heavy atom. The van der Waals surface area contributed by atoms with E-state index in [1.165, 1.54) is 11.4 Å². The van der Waals surface area contributed by atoms with E-state index in [0.29, 0.717) is 6.04 Å². The largest absolute Gasteiger partial charge is 0.339 e. The predicted molar refractivity (Wildman–Crippen MR) is 75.9 cm³/mol. The Bertz CT molecular complexity index is 386. The summed E-state index contributed by atoms with van der Waals surface area (Å²) in [5, 5.41) is 0. The third-order valence-corrected chi connectivity index (χ3v) is 2.59. The number of rotatable bonds is 3. The Hall–Kier alpha value is -1.70. The van der Waals surface area contributed by atoms with E-state index >= 15 is 0 Å². The van der Waals surface area contributed by atoms with E-state index in [-0.39, 0.29) is 8.41 Å². The minimum absolute atomic E-state index is 0. The molecule has 0 heterocycles. The van der Waals surface area contributed by atoms with Crippen LogP contribution in [0.3, 0.4) is 0 Å². The van der Waals surface area contributed by atoms with Crippen LogP contribution in [0.1, 0.15) is 13.8 Å². The lowest BCUT2D eigenvalue weighted by atomic mass is 10.2. The Kier molecular flexibility index (Phi) is 4.83. The van der Waals surface area contributed by atoms with Gasteiger partial charge in [0.2, 0.25) is 0 Å². The van der Waals surface area contributed by atoms with Gasteiger partial charge in [0, 0.05) is 25.8 Å². The van der Waals surface area contributed by atoms with Crippen LogP contribution in [0.5, 0.6) is 0 Å². The molecule has 0 bridgehead atoms. The van der Waals surface area contributed by atoms with Crippen LogP contribution in [0.25, 0.3) is 0 Å². The van der Waals surface area contributed by atoms with Gasteiger partial charge in [-0.25, -0.2) is 0 Å². The number of nitrogens with zero attached hydrogens (tertiary/aromatic N) is 1. The van der Waals surface area contributed by atoms with E-state index in [0.717, 1.165) is 0 Å². The van der Waals surface area contributed by atoms with Gasteiger partial charge in [-0.1, -0.05) is 36.4 Å². The first-order valence-electron chi connectivity index (χ1n) is 5.68. The van der Waals surface area contributed by atoms with Gasteiger partial charge < -0.3 is 4.90 Å². The molecule has 0 aromatic heterocycles. The summed E-state index contributed by atoms with van der Waals surface area (Å²) in [5.41, 5.74) is 2.48. The van der Waals surface area contributed by atoms with Crippen LogP contribution in [0.15, 0.2) is 60.7 Å². The van der Waals surface area contributed by atoms with E-state index in [1.54, 1.807) is 0 Å². The monoisotopic (exact) mass is 222 g/mol. The second kappa shape index (κ2) is 6.14. The fraction of sp³-hybridized carbons (Fsp3) is 0.200. The maximum Gasteiger partial charge on any atom is 0.0413 e. The summed E-state index contributed by atoms with van der Waals surface area (Å²) >= 11 is 0. The van der Waals surface area contributed by atoms with E-state index in [4.69, 9.17) is 0 Å². The number of hydrogen-bond donors (Lipinski definition) is 0. The highest BCUT2D eigenvalue weighted by atomic mass is 15.2. The first-order chi connectivity index (χ1) is 7.79. The lowest BCUT2D eigenvalue weighted by Gasteiger charge is -2.29. The molecule has 2 aromatic carbocycles. The average Bonchev–Trinajstić information content (AvgIpc) is 2.31. The third kappa shape index (κ3) is 3.13. The highest BCUT2D eigenvalue weighted by molar-refractivity contribution is 5.75. The lowest BCUT2D eigenvalue weighted by Crippen LogP contribution is -2.25. The average molecular weight is 222 g/mol. The SMILES string of the molecule is CC(C)N(c1ccccc1)c1ccccc1.[B]. The van der Waals surface area contributed by atoms with Gasteiger partial charge in [0.05, 0.1) is 0 Å². The molecule has 0 atom stereocenters.